The molecular weight excluding hydrogens is 711 g/mol. The minimum Gasteiger partial charge on any atom is -0.492 e. The smallest absolute Gasteiger partial charge is 0.275 e. The van der Waals surface area contributed by atoms with Crippen LogP contribution in [-0.2, 0) is 0 Å². The molecule has 2 N–H and O–H groups in total. The highest BCUT2D eigenvalue weighted by Gasteiger charge is 2.34. The molecular formula is C30H26Br2Cl2N4O4. The lowest BCUT2D eigenvalue weighted by Crippen LogP contribution is -2.26. The fourth-order valence-electron chi connectivity index (χ4n) is 5.13. The number of H-pyrrole nitrogens is 2. The molecule has 0 bridgehead atoms. The van der Waals surface area contributed by atoms with Crippen LogP contribution in [0, 0.1) is 13.8 Å². The highest BCUT2D eigenvalue weighted by molar-refractivity contribution is 9.13. The van der Waals surface area contributed by atoms with Crippen molar-refractivity contribution in [2.24, 2.45) is 0 Å². The van der Waals surface area contributed by atoms with Crippen molar-refractivity contribution in [3.63, 3.8) is 0 Å². The van der Waals surface area contributed by atoms with E-state index in [1.54, 1.807) is 75.6 Å². The first-order valence-electron chi connectivity index (χ1n) is 12.9. The summed E-state index contributed by atoms with van der Waals surface area (Å²) in [6.07, 6.45) is 0. The monoisotopic (exact) mass is 734 g/mol. The van der Waals surface area contributed by atoms with E-state index in [0.29, 0.717) is 76.5 Å². The van der Waals surface area contributed by atoms with E-state index in [9.17, 15) is 9.59 Å². The summed E-state index contributed by atoms with van der Waals surface area (Å²) in [5.74, 6) is 0.0832. The first-order valence-corrected chi connectivity index (χ1v) is 15.3. The number of aromatic amines is 2. The van der Waals surface area contributed by atoms with Gasteiger partial charge in [-0.25, -0.2) is 9.36 Å². The number of nitrogens with one attached hydrogen (secondary N) is 2. The van der Waals surface area contributed by atoms with Crippen LogP contribution in [0.3, 0.4) is 0 Å². The summed E-state index contributed by atoms with van der Waals surface area (Å²) in [6, 6.07) is 15.9. The van der Waals surface area contributed by atoms with Gasteiger partial charge in [-0.1, -0.05) is 47.5 Å². The molecule has 0 atom stereocenters. The van der Waals surface area contributed by atoms with Gasteiger partial charge in [0.05, 0.1) is 50.7 Å². The van der Waals surface area contributed by atoms with Crippen LogP contribution >= 0.6 is 55.1 Å². The van der Waals surface area contributed by atoms with Gasteiger partial charge in [-0.2, -0.15) is 0 Å². The highest BCUT2D eigenvalue weighted by Crippen LogP contribution is 2.47. The van der Waals surface area contributed by atoms with Gasteiger partial charge in [-0.05, 0) is 88.5 Å². The number of hydrogen-bond donors (Lipinski definition) is 2. The van der Waals surface area contributed by atoms with E-state index in [4.69, 9.17) is 32.7 Å². The number of aryl methyl sites for hydroxylation is 2. The molecule has 218 valence electrons. The Balaban J connectivity index is 1.87. The molecule has 0 aliphatic rings. The molecule has 0 unspecified atom stereocenters. The summed E-state index contributed by atoms with van der Waals surface area (Å²) in [4.78, 5) is 28.5. The Hall–Kier alpha value is -3.18. The van der Waals surface area contributed by atoms with Crippen molar-refractivity contribution in [2.45, 2.75) is 26.7 Å². The molecule has 0 fully saturated rings. The first-order chi connectivity index (χ1) is 20.1. The molecule has 5 rings (SSSR count). The lowest BCUT2D eigenvalue weighted by Gasteiger charge is -2.21. The average Bonchev–Trinajstić information content (AvgIpc) is 3.42. The zero-order chi connectivity index (χ0) is 30.3. The zero-order valence-electron chi connectivity index (χ0n) is 23.0. The number of halogens is 4. The summed E-state index contributed by atoms with van der Waals surface area (Å²) in [6.45, 7) is 5.83. The van der Waals surface area contributed by atoms with Gasteiger partial charge < -0.3 is 9.47 Å². The highest BCUT2D eigenvalue weighted by atomic mass is 79.9. The third-order valence-electron chi connectivity index (χ3n) is 6.97. The lowest BCUT2D eigenvalue weighted by molar-refractivity contribution is 0.309. The van der Waals surface area contributed by atoms with Crippen molar-refractivity contribution >= 4 is 55.1 Å². The molecule has 5 aromatic rings. The maximum absolute atomic E-state index is 14.3. The quantitative estimate of drug-likeness (QED) is 0.171. The van der Waals surface area contributed by atoms with Crippen LogP contribution < -0.4 is 20.6 Å². The molecule has 12 heteroatoms. The van der Waals surface area contributed by atoms with E-state index >= 15 is 0 Å². The number of methoxy groups -OCH3 is 1. The molecule has 0 aliphatic heterocycles. The minimum atomic E-state index is -0.847. The van der Waals surface area contributed by atoms with Crippen molar-refractivity contribution in [3.8, 4) is 22.9 Å². The van der Waals surface area contributed by atoms with Crippen molar-refractivity contribution in [2.75, 3.05) is 13.7 Å². The SMILES string of the molecule is CCOc1cc(C(c2c(C)[nH]n(-c3ccccc3Cl)c2=O)c2c(C)[nH]n(-c3ccccc3Cl)c2=O)c(Br)c(Br)c1OC. The Morgan fingerprint density at radius 1 is 0.833 bits per heavy atom. The normalized spacial score (nSPS) is 11.4. The lowest BCUT2D eigenvalue weighted by atomic mass is 9.85. The number of benzene rings is 3. The van der Waals surface area contributed by atoms with Crippen LogP contribution in [0.4, 0.5) is 0 Å². The molecule has 0 spiro atoms. The van der Waals surface area contributed by atoms with E-state index in [0.717, 1.165) is 0 Å². The van der Waals surface area contributed by atoms with Crippen molar-refractivity contribution in [1.29, 1.82) is 0 Å². The van der Waals surface area contributed by atoms with Gasteiger partial charge in [-0.15, -0.1) is 0 Å². The van der Waals surface area contributed by atoms with E-state index < -0.39 is 5.92 Å². The number of aromatic nitrogens is 4. The maximum Gasteiger partial charge on any atom is 0.275 e. The molecule has 0 aliphatic carbocycles. The van der Waals surface area contributed by atoms with Crippen LogP contribution in [0.2, 0.25) is 10.0 Å². The van der Waals surface area contributed by atoms with Gasteiger partial charge in [0.25, 0.3) is 11.1 Å². The molecule has 3 aromatic carbocycles. The van der Waals surface area contributed by atoms with Gasteiger partial charge in [0.1, 0.15) is 0 Å². The molecule has 0 radical (unpaired) electrons. The van der Waals surface area contributed by atoms with E-state index in [1.165, 1.54) is 9.36 Å². The summed E-state index contributed by atoms with van der Waals surface area (Å²) < 4.78 is 15.5. The molecule has 2 heterocycles. The van der Waals surface area contributed by atoms with Crippen LogP contribution in [-0.4, -0.2) is 33.3 Å². The topological polar surface area (TPSA) is 94.0 Å². The van der Waals surface area contributed by atoms with Gasteiger partial charge >= 0.3 is 0 Å². The second kappa shape index (κ2) is 12.2. The third kappa shape index (κ3) is 5.15. The molecule has 0 saturated carbocycles. The largest absolute Gasteiger partial charge is 0.492 e. The predicted octanol–water partition coefficient (Wildman–Crippen LogP) is 7.68. The third-order valence-corrected chi connectivity index (χ3v) is 9.75. The fourth-order valence-corrected chi connectivity index (χ4v) is 6.68. The van der Waals surface area contributed by atoms with Crippen LogP contribution in [0.15, 0.2) is 73.1 Å². The Morgan fingerprint density at radius 3 is 1.74 bits per heavy atom. The van der Waals surface area contributed by atoms with Gasteiger partial charge in [0.15, 0.2) is 11.5 Å². The van der Waals surface area contributed by atoms with Crippen molar-refractivity contribution in [1.82, 2.24) is 19.6 Å². The number of ether oxygens (including phenoxy) is 2. The molecule has 42 heavy (non-hydrogen) atoms. The number of nitrogens with zero attached hydrogens (tertiary/aromatic N) is 2. The average molecular weight is 737 g/mol. The second-order valence-electron chi connectivity index (χ2n) is 9.48. The fraction of sp³-hybridized carbons (Fsp3) is 0.200. The Morgan fingerprint density at radius 2 is 1.31 bits per heavy atom. The van der Waals surface area contributed by atoms with Crippen molar-refractivity contribution in [3.05, 3.63) is 122 Å². The number of rotatable bonds is 8. The van der Waals surface area contributed by atoms with E-state index in [2.05, 4.69) is 42.1 Å². The summed E-state index contributed by atoms with van der Waals surface area (Å²) in [5, 5.41) is 7.14. The Kier molecular flexibility index (Phi) is 8.80. The van der Waals surface area contributed by atoms with E-state index in [1.807, 2.05) is 6.92 Å². The molecule has 0 amide bonds. The molecule has 2 aromatic heterocycles. The Labute approximate surface area is 268 Å². The summed E-state index contributed by atoms with van der Waals surface area (Å²) in [5.41, 5.74) is 2.72. The predicted molar refractivity (Wildman–Crippen MR) is 173 cm³/mol. The standard InChI is InChI=1S/C30H26Br2Cl2N4O4/c1-5-42-22-14-17(26(31)27(32)28(22)41-4)25(23-15(2)35-37(29(23)39)20-12-8-6-10-18(20)33)24-16(3)36-38(30(24)40)21-13-9-7-11-19(21)34/h6-14,25,35-36H,5H2,1-4H3. The van der Waals surface area contributed by atoms with Crippen LogP contribution in [0.1, 0.15) is 40.9 Å². The first kappa shape index (κ1) is 30.3. The summed E-state index contributed by atoms with van der Waals surface area (Å²) in [7, 11) is 1.54. The summed E-state index contributed by atoms with van der Waals surface area (Å²) >= 11 is 20.3. The van der Waals surface area contributed by atoms with Gasteiger partial charge in [0.2, 0.25) is 0 Å². The number of hydrogen-bond acceptors (Lipinski definition) is 4. The number of para-hydroxylation sites is 2. The van der Waals surface area contributed by atoms with Gasteiger partial charge in [-0.3, -0.25) is 19.8 Å². The Bertz CT molecular complexity index is 1820. The second-order valence-corrected chi connectivity index (χ2v) is 11.9. The van der Waals surface area contributed by atoms with Crippen molar-refractivity contribution < 1.29 is 9.47 Å². The van der Waals surface area contributed by atoms with Gasteiger partial charge in [0, 0.05) is 21.8 Å². The van der Waals surface area contributed by atoms with Crippen LogP contribution in [0.5, 0.6) is 11.5 Å². The van der Waals surface area contributed by atoms with E-state index in [-0.39, 0.29) is 11.1 Å². The molecule has 8 nitrogen and oxygen atoms in total. The minimum absolute atomic E-state index is 0.355. The molecule has 0 saturated heterocycles. The maximum atomic E-state index is 14.3. The van der Waals surface area contributed by atoms with Crippen LogP contribution in [0.25, 0.3) is 11.4 Å². The zero-order valence-corrected chi connectivity index (χ0v) is 27.7.